The van der Waals surface area contributed by atoms with Gasteiger partial charge in [-0.25, -0.2) is 0 Å². The summed E-state index contributed by atoms with van der Waals surface area (Å²) >= 11 is 0. The minimum absolute atomic E-state index is 0.0693. The highest BCUT2D eigenvalue weighted by atomic mass is 16.2. The number of nitrogens with one attached hydrogen (secondary N) is 4. The predicted octanol–water partition coefficient (Wildman–Crippen LogP) is -0.0275. The highest BCUT2D eigenvalue weighted by Gasteiger charge is 2.44. The average molecular weight is 354 g/mol. The van der Waals surface area contributed by atoms with Crippen LogP contribution in [0.2, 0.25) is 0 Å². The van der Waals surface area contributed by atoms with Gasteiger partial charge < -0.3 is 21.3 Å². The number of amides is 4. The lowest BCUT2D eigenvalue weighted by Crippen LogP contribution is -2.61. The van der Waals surface area contributed by atoms with Crippen LogP contribution in [-0.4, -0.2) is 48.8 Å². The van der Waals surface area contributed by atoms with E-state index in [-0.39, 0.29) is 23.6 Å². The zero-order chi connectivity index (χ0) is 19.1. The largest absolute Gasteiger partial charge is 0.357 e. The average Bonchev–Trinajstić information content (AvgIpc) is 2.98. The molecule has 25 heavy (non-hydrogen) atoms. The van der Waals surface area contributed by atoms with Gasteiger partial charge in [-0.05, 0) is 32.1 Å². The van der Waals surface area contributed by atoms with Crippen LogP contribution in [0.3, 0.4) is 0 Å². The highest BCUT2D eigenvalue weighted by Crippen LogP contribution is 2.32. The minimum Gasteiger partial charge on any atom is -0.357 e. The molecule has 142 valence electrons. The second-order valence-electron chi connectivity index (χ2n) is 6.75. The standard InChI is InChI=1S/C9H16N2O2.C8H14N2O2/c1-7(12)11-9(8(13)10-2)5-3-4-6-9;1-6(11)10-8(4-3-5-8)7(12)9-2/h3-6H2,1-2H3,(H,10,13)(H,11,12);3-5H2,1-2H3,(H,9,12)(H,10,11). The van der Waals surface area contributed by atoms with Crippen molar-refractivity contribution in [1.29, 1.82) is 0 Å². The van der Waals surface area contributed by atoms with Crippen molar-refractivity contribution in [2.75, 3.05) is 14.1 Å². The van der Waals surface area contributed by atoms with Gasteiger partial charge in [-0.1, -0.05) is 12.8 Å². The molecule has 8 nitrogen and oxygen atoms in total. The first kappa shape index (κ1) is 20.9. The van der Waals surface area contributed by atoms with E-state index in [0.717, 1.165) is 44.9 Å². The van der Waals surface area contributed by atoms with E-state index in [2.05, 4.69) is 21.3 Å². The number of hydrogen-bond acceptors (Lipinski definition) is 4. The molecular weight excluding hydrogens is 324 g/mol. The molecule has 0 heterocycles. The molecule has 0 aromatic carbocycles. The molecular formula is C17H30N4O4. The molecule has 0 atom stereocenters. The maximum atomic E-state index is 11.5. The third-order valence-corrected chi connectivity index (χ3v) is 4.82. The Morgan fingerprint density at radius 2 is 0.960 bits per heavy atom. The van der Waals surface area contributed by atoms with Crippen LogP contribution in [0.25, 0.3) is 0 Å². The summed E-state index contributed by atoms with van der Waals surface area (Å²) < 4.78 is 0. The molecule has 2 aliphatic rings. The van der Waals surface area contributed by atoms with Crippen LogP contribution in [0.4, 0.5) is 0 Å². The molecule has 0 radical (unpaired) electrons. The lowest BCUT2D eigenvalue weighted by molar-refractivity contribution is -0.136. The number of likely N-dealkylation sites (N-methyl/N-ethyl adjacent to an activating group) is 2. The zero-order valence-corrected chi connectivity index (χ0v) is 15.6. The van der Waals surface area contributed by atoms with E-state index in [1.807, 2.05) is 0 Å². The lowest BCUT2D eigenvalue weighted by atomic mass is 9.76. The molecule has 0 bridgehead atoms. The lowest BCUT2D eigenvalue weighted by Gasteiger charge is -2.40. The summed E-state index contributed by atoms with van der Waals surface area (Å²) in [5, 5.41) is 10.6. The molecule has 8 heteroatoms. The van der Waals surface area contributed by atoms with Crippen molar-refractivity contribution in [2.24, 2.45) is 0 Å². The van der Waals surface area contributed by atoms with Gasteiger partial charge in [0.15, 0.2) is 0 Å². The van der Waals surface area contributed by atoms with Crippen LogP contribution in [-0.2, 0) is 19.2 Å². The van der Waals surface area contributed by atoms with Crippen LogP contribution in [0.1, 0.15) is 58.8 Å². The summed E-state index contributed by atoms with van der Waals surface area (Å²) in [4.78, 5) is 44.6. The fourth-order valence-electron chi connectivity index (χ4n) is 3.48. The third-order valence-electron chi connectivity index (χ3n) is 4.82. The second kappa shape index (κ2) is 8.82. The molecule has 2 rings (SSSR count). The normalized spacial score (nSPS) is 19.4. The Hall–Kier alpha value is -2.12. The molecule has 0 saturated heterocycles. The SMILES string of the molecule is CNC(=O)C1(NC(C)=O)CCC1.CNC(=O)C1(NC(C)=O)CCCC1. The molecule has 2 aliphatic carbocycles. The fourth-order valence-corrected chi connectivity index (χ4v) is 3.48. The van der Waals surface area contributed by atoms with Crippen molar-refractivity contribution in [2.45, 2.75) is 69.9 Å². The van der Waals surface area contributed by atoms with Crippen molar-refractivity contribution in [3.63, 3.8) is 0 Å². The number of hydrogen-bond donors (Lipinski definition) is 4. The van der Waals surface area contributed by atoms with Gasteiger partial charge in [-0.2, -0.15) is 0 Å². The van der Waals surface area contributed by atoms with Crippen LogP contribution < -0.4 is 21.3 Å². The Labute approximate surface area is 148 Å². The molecule has 0 unspecified atom stereocenters. The van der Waals surface area contributed by atoms with E-state index >= 15 is 0 Å². The minimum atomic E-state index is -0.624. The third kappa shape index (κ3) is 5.17. The maximum Gasteiger partial charge on any atom is 0.245 e. The maximum absolute atomic E-state index is 11.5. The van der Waals surface area contributed by atoms with E-state index in [1.54, 1.807) is 14.1 Å². The summed E-state index contributed by atoms with van der Waals surface area (Å²) in [5.41, 5.74) is -1.22. The first-order valence-corrected chi connectivity index (χ1v) is 8.73. The van der Waals surface area contributed by atoms with Gasteiger partial charge in [0.05, 0.1) is 0 Å². The molecule has 0 aromatic heterocycles. The van der Waals surface area contributed by atoms with Gasteiger partial charge in [0.2, 0.25) is 23.6 Å². The number of carbonyl (C=O) groups is 4. The van der Waals surface area contributed by atoms with Gasteiger partial charge in [0.1, 0.15) is 11.1 Å². The fraction of sp³-hybridized carbons (Fsp3) is 0.765. The molecule has 2 saturated carbocycles. The molecule has 4 amide bonds. The van der Waals surface area contributed by atoms with Crippen molar-refractivity contribution < 1.29 is 19.2 Å². The van der Waals surface area contributed by atoms with Crippen molar-refractivity contribution in [1.82, 2.24) is 21.3 Å². The molecule has 0 aromatic rings. The Morgan fingerprint density at radius 3 is 1.16 bits per heavy atom. The first-order valence-electron chi connectivity index (χ1n) is 8.73. The topological polar surface area (TPSA) is 116 Å². The smallest absolute Gasteiger partial charge is 0.245 e. The Kier molecular flexibility index (Phi) is 7.38. The molecule has 0 aliphatic heterocycles. The van der Waals surface area contributed by atoms with E-state index in [0.29, 0.717) is 0 Å². The van der Waals surface area contributed by atoms with E-state index in [1.165, 1.54) is 13.8 Å². The quantitative estimate of drug-likeness (QED) is 0.567. The van der Waals surface area contributed by atoms with Crippen molar-refractivity contribution >= 4 is 23.6 Å². The van der Waals surface area contributed by atoms with Gasteiger partial charge in [-0.15, -0.1) is 0 Å². The van der Waals surface area contributed by atoms with E-state index < -0.39 is 11.1 Å². The van der Waals surface area contributed by atoms with Crippen LogP contribution in [0.5, 0.6) is 0 Å². The molecule has 2 fully saturated rings. The summed E-state index contributed by atoms with van der Waals surface area (Å²) in [5.74, 6) is -0.423. The van der Waals surface area contributed by atoms with Crippen molar-refractivity contribution in [3.8, 4) is 0 Å². The van der Waals surface area contributed by atoms with Crippen LogP contribution >= 0.6 is 0 Å². The van der Waals surface area contributed by atoms with Crippen molar-refractivity contribution in [3.05, 3.63) is 0 Å². The van der Waals surface area contributed by atoms with E-state index in [9.17, 15) is 19.2 Å². The van der Waals surface area contributed by atoms with Gasteiger partial charge in [-0.3, -0.25) is 19.2 Å². The number of rotatable bonds is 4. The van der Waals surface area contributed by atoms with Gasteiger partial charge >= 0.3 is 0 Å². The second-order valence-corrected chi connectivity index (χ2v) is 6.75. The van der Waals surface area contributed by atoms with Crippen LogP contribution in [0, 0.1) is 0 Å². The Balaban J connectivity index is 0.000000251. The molecule has 4 N–H and O–H groups in total. The van der Waals surface area contributed by atoms with Crippen LogP contribution in [0.15, 0.2) is 0 Å². The summed E-state index contributed by atoms with van der Waals surface area (Å²) in [6, 6.07) is 0. The summed E-state index contributed by atoms with van der Waals surface area (Å²) in [7, 11) is 3.19. The van der Waals surface area contributed by atoms with Gasteiger partial charge in [0, 0.05) is 27.9 Å². The highest BCUT2D eigenvalue weighted by molar-refractivity contribution is 5.92. The Bertz CT molecular complexity index is 523. The number of carbonyl (C=O) groups excluding carboxylic acids is 4. The predicted molar refractivity (Wildman–Crippen MR) is 93.5 cm³/mol. The summed E-state index contributed by atoms with van der Waals surface area (Å²) in [6.07, 6.45) is 6.05. The monoisotopic (exact) mass is 354 g/mol. The Morgan fingerprint density at radius 1 is 0.640 bits per heavy atom. The zero-order valence-electron chi connectivity index (χ0n) is 15.6. The first-order chi connectivity index (χ1) is 11.7. The van der Waals surface area contributed by atoms with Gasteiger partial charge in [0.25, 0.3) is 0 Å². The van der Waals surface area contributed by atoms with E-state index in [4.69, 9.17) is 0 Å². The summed E-state index contributed by atoms with van der Waals surface area (Å²) in [6.45, 7) is 2.88. The molecule has 0 spiro atoms.